The van der Waals surface area contributed by atoms with Crippen LogP contribution in [0.2, 0.25) is 0 Å². The molecule has 1 unspecified atom stereocenters. The predicted octanol–water partition coefficient (Wildman–Crippen LogP) is 4.50. The molecule has 3 rings (SSSR count). The largest absolute Gasteiger partial charge is 0.489 e. The quantitative estimate of drug-likeness (QED) is 0.884. The lowest BCUT2D eigenvalue weighted by molar-refractivity contribution is 0.299. The molecule has 2 N–H and O–H groups in total. The van der Waals surface area contributed by atoms with E-state index in [1.54, 1.807) is 6.07 Å². The van der Waals surface area contributed by atoms with Gasteiger partial charge in [0.1, 0.15) is 18.2 Å². The van der Waals surface area contributed by atoms with Gasteiger partial charge in [0, 0.05) is 16.1 Å². The number of hydrogen-bond acceptors (Lipinski definition) is 2. The molecule has 110 valence electrons. The van der Waals surface area contributed by atoms with Gasteiger partial charge in [-0.3, -0.25) is 0 Å². The van der Waals surface area contributed by atoms with Crippen molar-refractivity contribution in [2.75, 3.05) is 0 Å². The third kappa shape index (κ3) is 3.11. The molecule has 0 aromatic heterocycles. The second-order valence-electron chi connectivity index (χ2n) is 5.35. The van der Waals surface area contributed by atoms with Crippen LogP contribution < -0.4 is 10.5 Å². The van der Waals surface area contributed by atoms with E-state index in [-0.39, 0.29) is 11.9 Å². The fourth-order valence-electron chi connectivity index (χ4n) is 2.78. The summed E-state index contributed by atoms with van der Waals surface area (Å²) >= 11 is 3.37. The Balaban J connectivity index is 1.81. The molecule has 1 aliphatic carbocycles. The number of nitrogens with two attached hydrogens (primary N) is 1. The molecule has 2 nitrogen and oxygen atoms in total. The third-order valence-corrected chi connectivity index (χ3v) is 4.65. The van der Waals surface area contributed by atoms with Gasteiger partial charge in [-0.05, 0) is 48.6 Å². The first-order valence-corrected chi connectivity index (χ1v) is 7.88. The van der Waals surface area contributed by atoms with Crippen LogP contribution in [0.1, 0.15) is 35.6 Å². The first-order chi connectivity index (χ1) is 10.1. The van der Waals surface area contributed by atoms with Gasteiger partial charge in [-0.2, -0.15) is 0 Å². The first kappa shape index (κ1) is 14.5. The average molecular weight is 350 g/mol. The van der Waals surface area contributed by atoms with E-state index in [0.717, 1.165) is 35.0 Å². The molecule has 1 atom stereocenters. The van der Waals surface area contributed by atoms with Crippen molar-refractivity contribution in [3.8, 4) is 5.75 Å². The lowest BCUT2D eigenvalue weighted by Gasteiger charge is -2.24. The molecule has 2 aromatic rings. The number of ether oxygens (including phenoxy) is 1. The van der Waals surface area contributed by atoms with Crippen molar-refractivity contribution in [2.24, 2.45) is 5.73 Å². The van der Waals surface area contributed by atoms with Crippen LogP contribution in [0.3, 0.4) is 0 Å². The Morgan fingerprint density at radius 1 is 1.29 bits per heavy atom. The summed E-state index contributed by atoms with van der Waals surface area (Å²) < 4.78 is 19.8. The van der Waals surface area contributed by atoms with Crippen molar-refractivity contribution in [1.82, 2.24) is 0 Å². The molecule has 0 radical (unpaired) electrons. The maximum atomic E-state index is 13.1. The van der Waals surface area contributed by atoms with Crippen LogP contribution in [0.25, 0.3) is 0 Å². The zero-order valence-corrected chi connectivity index (χ0v) is 13.2. The minimum atomic E-state index is -0.256. The number of fused-ring (bicyclic) bond motifs is 1. The molecule has 4 heteroatoms. The summed E-state index contributed by atoms with van der Waals surface area (Å²) in [5, 5.41) is 0. The van der Waals surface area contributed by atoms with E-state index in [0.29, 0.717) is 6.61 Å². The van der Waals surface area contributed by atoms with Crippen molar-refractivity contribution in [3.05, 3.63) is 63.4 Å². The van der Waals surface area contributed by atoms with E-state index in [1.807, 2.05) is 12.1 Å². The Labute approximate surface area is 132 Å². The van der Waals surface area contributed by atoms with E-state index in [2.05, 4.69) is 22.0 Å². The van der Waals surface area contributed by atoms with Gasteiger partial charge in [-0.25, -0.2) is 4.39 Å². The monoisotopic (exact) mass is 349 g/mol. The van der Waals surface area contributed by atoms with Gasteiger partial charge < -0.3 is 10.5 Å². The molecule has 0 spiro atoms. The summed E-state index contributed by atoms with van der Waals surface area (Å²) in [5.41, 5.74) is 9.49. The van der Waals surface area contributed by atoms with Crippen LogP contribution in [0.5, 0.6) is 5.75 Å². The van der Waals surface area contributed by atoms with Crippen LogP contribution in [0.4, 0.5) is 4.39 Å². The molecule has 1 aliphatic rings. The number of hydrogen-bond donors (Lipinski definition) is 1. The van der Waals surface area contributed by atoms with Crippen LogP contribution in [-0.4, -0.2) is 0 Å². The summed E-state index contributed by atoms with van der Waals surface area (Å²) in [5.74, 6) is 0.632. The van der Waals surface area contributed by atoms with Gasteiger partial charge >= 0.3 is 0 Å². The standard InChI is InChI=1S/C17H17BrFNO/c18-15-9-12(19)8-7-11(15)10-21-17-6-2-3-13-14(17)4-1-5-16(13)20/h2-3,6-9,16H,1,4-5,10,20H2. The van der Waals surface area contributed by atoms with E-state index in [4.69, 9.17) is 10.5 Å². The fraction of sp³-hybridized carbons (Fsp3) is 0.294. The Morgan fingerprint density at radius 2 is 2.14 bits per heavy atom. The Morgan fingerprint density at radius 3 is 2.95 bits per heavy atom. The molecular weight excluding hydrogens is 333 g/mol. The smallest absolute Gasteiger partial charge is 0.124 e. The molecule has 0 bridgehead atoms. The molecule has 0 amide bonds. The average Bonchev–Trinajstić information content (AvgIpc) is 2.47. The van der Waals surface area contributed by atoms with Crippen molar-refractivity contribution < 1.29 is 9.13 Å². The minimum absolute atomic E-state index is 0.106. The van der Waals surface area contributed by atoms with E-state index in [9.17, 15) is 4.39 Å². The van der Waals surface area contributed by atoms with Crippen LogP contribution in [0, 0.1) is 5.82 Å². The van der Waals surface area contributed by atoms with Crippen LogP contribution >= 0.6 is 15.9 Å². The van der Waals surface area contributed by atoms with E-state index in [1.165, 1.54) is 23.3 Å². The summed E-state index contributed by atoms with van der Waals surface area (Å²) in [6.45, 7) is 0.409. The van der Waals surface area contributed by atoms with Gasteiger partial charge in [0.2, 0.25) is 0 Å². The molecule has 0 aliphatic heterocycles. The molecule has 21 heavy (non-hydrogen) atoms. The zero-order chi connectivity index (χ0) is 14.8. The van der Waals surface area contributed by atoms with E-state index >= 15 is 0 Å². The summed E-state index contributed by atoms with van der Waals surface area (Å²) in [7, 11) is 0. The van der Waals surface area contributed by atoms with Gasteiger partial charge in [-0.15, -0.1) is 0 Å². The van der Waals surface area contributed by atoms with E-state index < -0.39 is 0 Å². The molecule has 2 aromatic carbocycles. The van der Waals surface area contributed by atoms with Gasteiger partial charge in [0.15, 0.2) is 0 Å². The van der Waals surface area contributed by atoms with Gasteiger partial charge in [0.25, 0.3) is 0 Å². The molecule has 0 saturated carbocycles. The number of rotatable bonds is 3. The van der Waals surface area contributed by atoms with Crippen LogP contribution in [0.15, 0.2) is 40.9 Å². The minimum Gasteiger partial charge on any atom is -0.489 e. The summed E-state index contributed by atoms with van der Waals surface area (Å²) in [4.78, 5) is 0. The Kier molecular flexibility index (Phi) is 4.27. The normalized spacial score (nSPS) is 17.4. The molecular formula is C17H17BrFNO. The molecule has 0 fully saturated rings. The first-order valence-electron chi connectivity index (χ1n) is 7.09. The second kappa shape index (κ2) is 6.16. The molecule has 0 heterocycles. The van der Waals surface area contributed by atoms with Gasteiger partial charge in [-0.1, -0.05) is 34.1 Å². The second-order valence-corrected chi connectivity index (χ2v) is 6.20. The lowest BCUT2D eigenvalue weighted by Crippen LogP contribution is -2.18. The van der Waals surface area contributed by atoms with Crippen LogP contribution in [-0.2, 0) is 13.0 Å². The van der Waals surface area contributed by atoms with Crippen molar-refractivity contribution >= 4 is 15.9 Å². The zero-order valence-electron chi connectivity index (χ0n) is 11.6. The topological polar surface area (TPSA) is 35.2 Å². The Bertz CT molecular complexity index is 659. The summed E-state index contributed by atoms with van der Waals surface area (Å²) in [6, 6.07) is 10.8. The highest BCUT2D eigenvalue weighted by Gasteiger charge is 2.19. The highest BCUT2D eigenvalue weighted by atomic mass is 79.9. The number of halogens is 2. The maximum absolute atomic E-state index is 13.1. The van der Waals surface area contributed by atoms with Crippen molar-refractivity contribution in [2.45, 2.75) is 31.9 Å². The molecule has 0 saturated heterocycles. The van der Waals surface area contributed by atoms with Crippen molar-refractivity contribution in [3.63, 3.8) is 0 Å². The Hall–Kier alpha value is -1.39. The highest BCUT2D eigenvalue weighted by Crippen LogP contribution is 2.34. The fourth-order valence-corrected chi connectivity index (χ4v) is 3.25. The third-order valence-electron chi connectivity index (χ3n) is 3.91. The lowest BCUT2D eigenvalue weighted by atomic mass is 9.87. The SMILES string of the molecule is NC1CCCc2c(OCc3ccc(F)cc3Br)cccc21. The summed E-state index contributed by atoms with van der Waals surface area (Å²) in [6.07, 6.45) is 3.12. The predicted molar refractivity (Wildman–Crippen MR) is 84.7 cm³/mol. The van der Waals surface area contributed by atoms with Crippen molar-refractivity contribution in [1.29, 1.82) is 0 Å². The maximum Gasteiger partial charge on any atom is 0.124 e. The highest BCUT2D eigenvalue weighted by molar-refractivity contribution is 9.10. The number of benzene rings is 2. The van der Waals surface area contributed by atoms with Gasteiger partial charge in [0.05, 0.1) is 0 Å².